The van der Waals surface area contributed by atoms with Crippen molar-refractivity contribution in [2.75, 3.05) is 13.2 Å². The van der Waals surface area contributed by atoms with Gasteiger partial charge in [0.2, 0.25) is 0 Å². The Labute approximate surface area is 106 Å². The highest BCUT2D eigenvalue weighted by molar-refractivity contribution is 5.94. The van der Waals surface area contributed by atoms with Crippen LogP contribution in [0.15, 0.2) is 12.1 Å². The number of aliphatic hydroxyl groups is 1. The highest BCUT2D eigenvalue weighted by Gasteiger charge is 2.25. The number of carbonyl (C=O) groups is 1. The summed E-state index contributed by atoms with van der Waals surface area (Å²) in [5.74, 6) is -0.172. The number of aromatic nitrogens is 1. The van der Waals surface area contributed by atoms with E-state index in [-0.39, 0.29) is 18.6 Å². The van der Waals surface area contributed by atoms with Crippen LogP contribution < -0.4 is 5.32 Å². The summed E-state index contributed by atoms with van der Waals surface area (Å²) in [5, 5.41) is 12.6. The Balaban J connectivity index is 2.06. The molecule has 2 N–H and O–H groups in total. The molecule has 18 heavy (non-hydrogen) atoms. The number of hydrogen-bond acceptors (Lipinski definition) is 4. The van der Waals surface area contributed by atoms with Crippen molar-refractivity contribution in [2.24, 2.45) is 0 Å². The minimum Gasteiger partial charge on any atom is -0.389 e. The van der Waals surface area contributed by atoms with Gasteiger partial charge in [-0.3, -0.25) is 9.78 Å². The fraction of sp³-hybridized carbons (Fsp3) is 0.538. The fourth-order valence-corrected chi connectivity index (χ4v) is 2.11. The molecule has 1 fully saturated rings. The van der Waals surface area contributed by atoms with Crippen LogP contribution in [0.25, 0.3) is 0 Å². The number of hydrogen-bond donors (Lipinski definition) is 2. The van der Waals surface area contributed by atoms with Gasteiger partial charge in [0.1, 0.15) is 0 Å². The van der Waals surface area contributed by atoms with Crippen molar-refractivity contribution in [1.82, 2.24) is 10.3 Å². The maximum Gasteiger partial charge on any atom is 0.251 e. The molecule has 1 aliphatic rings. The van der Waals surface area contributed by atoms with Gasteiger partial charge in [-0.15, -0.1) is 0 Å². The van der Waals surface area contributed by atoms with E-state index < -0.39 is 6.10 Å². The number of carbonyl (C=O) groups excluding carboxylic acids is 1. The summed E-state index contributed by atoms with van der Waals surface area (Å²) in [7, 11) is 0. The first-order valence-electron chi connectivity index (χ1n) is 6.08. The predicted molar refractivity (Wildman–Crippen MR) is 66.4 cm³/mol. The van der Waals surface area contributed by atoms with Crippen molar-refractivity contribution in [3.63, 3.8) is 0 Å². The molecule has 5 nitrogen and oxygen atoms in total. The van der Waals surface area contributed by atoms with Crippen molar-refractivity contribution in [3.05, 3.63) is 29.1 Å². The molecule has 0 unspecified atom stereocenters. The van der Waals surface area contributed by atoms with Crippen LogP contribution in [0.2, 0.25) is 0 Å². The van der Waals surface area contributed by atoms with Gasteiger partial charge < -0.3 is 15.2 Å². The molecule has 1 saturated heterocycles. The van der Waals surface area contributed by atoms with Crippen LogP contribution in [0.1, 0.15) is 28.2 Å². The number of rotatable bonds is 2. The molecule has 2 heterocycles. The minimum atomic E-state index is -0.633. The first kappa shape index (κ1) is 13.0. The second-order valence-electron chi connectivity index (χ2n) is 4.65. The molecule has 1 aromatic heterocycles. The zero-order chi connectivity index (χ0) is 13.1. The van der Waals surface area contributed by atoms with Gasteiger partial charge in [0.15, 0.2) is 0 Å². The summed E-state index contributed by atoms with van der Waals surface area (Å²) < 4.78 is 5.13. The Morgan fingerprint density at radius 1 is 1.44 bits per heavy atom. The molecular formula is C13H18N2O3. The monoisotopic (exact) mass is 250 g/mol. The topological polar surface area (TPSA) is 71.5 Å². The van der Waals surface area contributed by atoms with Crippen molar-refractivity contribution in [3.8, 4) is 0 Å². The van der Waals surface area contributed by atoms with E-state index in [4.69, 9.17) is 4.74 Å². The van der Waals surface area contributed by atoms with Gasteiger partial charge in [0.05, 0.1) is 18.8 Å². The fourth-order valence-electron chi connectivity index (χ4n) is 2.11. The number of nitrogens with zero attached hydrogens (tertiary/aromatic N) is 1. The first-order chi connectivity index (χ1) is 8.56. The standard InChI is InChI=1S/C13H18N2O3/c1-8-5-10(6-9(2)14-8)13(17)15-11-3-4-18-7-12(11)16/h5-6,11-12,16H,3-4,7H2,1-2H3,(H,15,17)/t11-,12-/m1/s1. The zero-order valence-electron chi connectivity index (χ0n) is 10.6. The summed E-state index contributed by atoms with van der Waals surface area (Å²) in [5.41, 5.74) is 2.21. The van der Waals surface area contributed by atoms with Gasteiger partial charge in [-0.05, 0) is 32.4 Å². The Bertz CT molecular complexity index is 428. The summed E-state index contributed by atoms with van der Waals surface area (Å²) >= 11 is 0. The van der Waals surface area contributed by atoms with Crippen molar-refractivity contribution in [2.45, 2.75) is 32.4 Å². The molecule has 2 atom stereocenters. The maximum atomic E-state index is 12.1. The van der Waals surface area contributed by atoms with E-state index in [0.717, 1.165) is 11.4 Å². The molecule has 2 rings (SSSR count). The van der Waals surface area contributed by atoms with E-state index in [0.29, 0.717) is 18.6 Å². The maximum absolute atomic E-state index is 12.1. The van der Waals surface area contributed by atoms with Gasteiger partial charge in [-0.1, -0.05) is 0 Å². The molecule has 5 heteroatoms. The molecular weight excluding hydrogens is 232 g/mol. The van der Waals surface area contributed by atoms with Crippen LogP contribution in [-0.2, 0) is 4.74 Å². The van der Waals surface area contributed by atoms with E-state index in [2.05, 4.69) is 10.3 Å². The lowest BCUT2D eigenvalue weighted by Gasteiger charge is -2.28. The zero-order valence-corrected chi connectivity index (χ0v) is 10.6. The SMILES string of the molecule is Cc1cc(C(=O)N[C@@H]2CCOC[C@H]2O)cc(C)n1. The third-order valence-electron chi connectivity index (χ3n) is 2.99. The summed E-state index contributed by atoms with van der Waals surface area (Å²) in [6.45, 7) is 4.55. The van der Waals surface area contributed by atoms with E-state index in [1.54, 1.807) is 12.1 Å². The van der Waals surface area contributed by atoms with Gasteiger partial charge in [0, 0.05) is 23.6 Å². The van der Waals surface area contributed by atoms with Crippen molar-refractivity contribution in [1.29, 1.82) is 0 Å². The minimum absolute atomic E-state index is 0.172. The first-order valence-corrected chi connectivity index (χ1v) is 6.08. The molecule has 0 aromatic carbocycles. The number of nitrogens with one attached hydrogen (secondary N) is 1. The summed E-state index contributed by atoms with van der Waals surface area (Å²) in [4.78, 5) is 16.3. The van der Waals surface area contributed by atoms with Crippen LogP contribution in [-0.4, -0.2) is 41.4 Å². The summed E-state index contributed by atoms with van der Waals surface area (Å²) in [6, 6.07) is 3.25. The Hall–Kier alpha value is -1.46. The average Bonchev–Trinajstić information content (AvgIpc) is 2.31. The lowest BCUT2D eigenvalue weighted by Crippen LogP contribution is -2.48. The van der Waals surface area contributed by atoms with E-state index in [1.165, 1.54) is 0 Å². The van der Waals surface area contributed by atoms with Gasteiger partial charge >= 0.3 is 0 Å². The highest BCUT2D eigenvalue weighted by atomic mass is 16.5. The highest BCUT2D eigenvalue weighted by Crippen LogP contribution is 2.10. The van der Waals surface area contributed by atoms with Crippen LogP contribution in [0, 0.1) is 13.8 Å². The molecule has 0 spiro atoms. The largest absolute Gasteiger partial charge is 0.389 e. The molecule has 0 radical (unpaired) electrons. The molecule has 0 saturated carbocycles. The van der Waals surface area contributed by atoms with Crippen LogP contribution in [0.3, 0.4) is 0 Å². The molecule has 98 valence electrons. The second kappa shape index (κ2) is 5.46. The summed E-state index contributed by atoms with van der Waals surface area (Å²) in [6.07, 6.45) is 0.00222. The third kappa shape index (κ3) is 3.05. The quantitative estimate of drug-likeness (QED) is 0.805. The number of amides is 1. The van der Waals surface area contributed by atoms with E-state index in [1.807, 2.05) is 13.8 Å². The molecule has 1 aliphatic heterocycles. The smallest absolute Gasteiger partial charge is 0.251 e. The number of ether oxygens (including phenoxy) is 1. The normalized spacial score (nSPS) is 23.7. The second-order valence-corrected chi connectivity index (χ2v) is 4.65. The lowest BCUT2D eigenvalue weighted by molar-refractivity contribution is -0.0260. The molecule has 0 aliphatic carbocycles. The van der Waals surface area contributed by atoms with Crippen LogP contribution in [0.5, 0.6) is 0 Å². The Kier molecular flexibility index (Phi) is 3.93. The van der Waals surface area contributed by atoms with Gasteiger partial charge in [-0.25, -0.2) is 0 Å². The van der Waals surface area contributed by atoms with Gasteiger partial charge in [0.25, 0.3) is 5.91 Å². The molecule has 0 bridgehead atoms. The number of pyridine rings is 1. The Morgan fingerprint density at radius 3 is 2.72 bits per heavy atom. The van der Waals surface area contributed by atoms with E-state index in [9.17, 15) is 9.90 Å². The van der Waals surface area contributed by atoms with Crippen LogP contribution in [0.4, 0.5) is 0 Å². The lowest BCUT2D eigenvalue weighted by atomic mass is 10.1. The molecule has 1 amide bonds. The van der Waals surface area contributed by atoms with E-state index >= 15 is 0 Å². The van der Waals surface area contributed by atoms with Crippen LogP contribution >= 0.6 is 0 Å². The Morgan fingerprint density at radius 2 is 2.11 bits per heavy atom. The average molecular weight is 250 g/mol. The molecule has 1 aromatic rings. The van der Waals surface area contributed by atoms with Crippen molar-refractivity contribution < 1.29 is 14.6 Å². The number of aliphatic hydroxyl groups excluding tert-OH is 1. The third-order valence-corrected chi connectivity index (χ3v) is 2.99. The predicted octanol–water partition coefficient (Wildman–Crippen LogP) is 0.578. The number of aryl methyl sites for hydroxylation is 2. The van der Waals surface area contributed by atoms with Gasteiger partial charge in [-0.2, -0.15) is 0 Å². The van der Waals surface area contributed by atoms with Crippen molar-refractivity contribution >= 4 is 5.91 Å².